The van der Waals surface area contributed by atoms with E-state index in [1.165, 1.54) is 6.33 Å². The maximum Gasteiger partial charge on any atom is 0.317 e. The molecule has 140 valence electrons. The molecule has 3 atom stereocenters. The van der Waals surface area contributed by atoms with Gasteiger partial charge in [0.15, 0.2) is 0 Å². The van der Waals surface area contributed by atoms with E-state index in [1.807, 2.05) is 24.4 Å². The summed E-state index contributed by atoms with van der Waals surface area (Å²) in [4.78, 5) is 19.6. The molecule has 0 aliphatic heterocycles. The van der Waals surface area contributed by atoms with Crippen molar-refractivity contribution < 1.29 is 9.90 Å². The smallest absolute Gasteiger partial charge is 0.317 e. The molecule has 3 aromatic rings. The normalized spacial score (nSPS) is 20.7. The van der Waals surface area contributed by atoms with Gasteiger partial charge in [0.2, 0.25) is 0 Å². The number of halogens is 1. The number of carbonyl (C=O) groups excluding carboxylic acids is 1. The van der Waals surface area contributed by atoms with E-state index in [0.29, 0.717) is 10.8 Å². The number of fused-ring (bicyclic) bond motifs is 1. The number of benzene rings is 1. The number of nitrogens with zero attached hydrogens (tertiary/aromatic N) is 3. The fraction of sp³-hybridized carbons (Fsp3) is 0.316. The molecule has 0 bridgehead atoms. The number of amides is 2. The number of aliphatic hydroxyl groups excluding tert-OH is 1. The minimum atomic E-state index is -0.658. The van der Waals surface area contributed by atoms with E-state index >= 15 is 0 Å². The van der Waals surface area contributed by atoms with Crippen LogP contribution in [0.15, 0.2) is 42.9 Å². The van der Waals surface area contributed by atoms with E-state index < -0.39 is 12.1 Å². The molecule has 2 amide bonds. The quantitative estimate of drug-likeness (QED) is 0.637. The molecule has 0 saturated heterocycles. The highest BCUT2D eigenvalue weighted by atomic mass is 35.5. The number of urea groups is 1. The zero-order valence-electron chi connectivity index (χ0n) is 14.5. The van der Waals surface area contributed by atoms with Crippen LogP contribution < -0.4 is 11.1 Å². The molecule has 1 aliphatic rings. The zero-order valence-corrected chi connectivity index (χ0v) is 15.3. The SMILES string of the molecule is NC(=O)Nc1ncnc2c1ccn2C1CCC(C(O)c2ccc(Cl)cc2)C1. The van der Waals surface area contributed by atoms with Gasteiger partial charge < -0.3 is 15.4 Å². The highest BCUT2D eigenvalue weighted by Gasteiger charge is 2.32. The number of nitrogens with one attached hydrogen (secondary N) is 1. The third-order valence-electron chi connectivity index (χ3n) is 5.25. The van der Waals surface area contributed by atoms with Crippen LogP contribution in [0.1, 0.15) is 37.0 Å². The van der Waals surface area contributed by atoms with E-state index in [2.05, 4.69) is 19.9 Å². The molecule has 4 rings (SSSR count). The van der Waals surface area contributed by atoms with Crippen LogP contribution in [-0.2, 0) is 0 Å². The van der Waals surface area contributed by atoms with Crippen LogP contribution in [-0.4, -0.2) is 25.7 Å². The summed E-state index contributed by atoms with van der Waals surface area (Å²) in [5.74, 6) is 0.570. The summed E-state index contributed by atoms with van der Waals surface area (Å²) >= 11 is 5.94. The van der Waals surface area contributed by atoms with Crippen LogP contribution in [0.2, 0.25) is 5.02 Å². The highest BCUT2D eigenvalue weighted by molar-refractivity contribution is 6.30. The first-order valence-corrected chi connectivity index (χ1v) is 9.22. The Kier molecular flexibility index (Phi) is 4.72. The molecule has 0 radical (unpaired) electrons. The average Bonchev–Trinajstić information content (AvgIpc) is 3.28. The van der Waals surface area contributed by atoms with E-state index in [4.69, 9.17) is 17.3 Å². The predicted molar refractivity (Wildman–Crippen MR) is 104 cm³/mol. The zero-order chi connectivity index (χ0) is 19.0. The Morgan fingerprint density at radius 1 is 1.26 bits per heavy atom. The molecule has 4 N–H and O–H groups in total. The van der Waals surface area contributed by atoms with Gasteiger partial charge in [0.25, 0.3) is 0 Å². The summed E-state index contributed by atoms with van der Waals surface area (Å²) in [5.41, 5.74) is 6.84. The highest BCUT2D eigenvalue weighted by Crippen LogP contribution is 2.42. The molecular weight excluding hydrogens is 366 g/mol. The Balaban J connectivity index is 1.55. The summed E-state index contributed by atoms with van der Waals surface area (Å²) in [7, 11) is 0. The average molecular weight is 386 g/mol. The van der Waals surface area contributed by atoms with Crippen molar-refractivity contribution in [3.63, 3.8) is 0 Å². The minimum absolute atomic E-state index is 0.165. The Hall–Kier alpha value is -2.64. The molecule has 1 aromatic carbocycles. The Morgan fingerprint density at radius 3 is 2.78 bits per heavy atom. The first kappa shape index (κ1) is 17.8. The van der Waals surface area contributed by atoms with Gasteiger partial charge in [0.1, 0.15) is 17.8 Å². The lowest BCUT2D eigenvalue weighted by atomic mass is 9.94. The topological polar surface area (TPSA) is 106 Å². The fourth-order valence-electron chi connectivity index (χ4n) is 3.95. The van der Waals surface area contributed by atoms with Crippen molar-refractivity contribution in [3.05, 3.63) is 53.4 Å². The summed E-state index contributed by atoms with van der Waals surface area (Å²) in [6.45, 7) is 0. The number of hydrogen-bond donors (Lipinski definition) is 3. The van der Waals surface area contributed by atoms with Gasteiger partial charge in [0, 0.05) is 17.3 Å². The summed E-state index contributed by atoms with van der Waals surface area (Å²) in [6.07, 6.45) is 5.56. The summed E-state index contributed by atoms with van der Waals surface area (Å²) in [6, 6.07) is 8.80. The predicted octanol–water partition coefficient (Wildman–Crippen LogP) is 3.65. The van der Waals surface area contributed by atoms with E-state index in [9.17, 15) is 9.90 Å². The van der Waals surface area contributed by atoms with E-state index in [1.54, 1.807) is 12.1 Å². The first-order chi connectivity index (χ1) is 13.0. The van der Waals surface area contributed by atoms with Crippen LogP contribution in [0.3, 0.4) is 0 Å². The van der Waals surface area contributed by atoms with Crippen molar-refractivity contribution in [1.29, 1.82) is 0 Å². The lowest BCUT2D eigenvalue weighted by Crippen LogP contribution is -2.20. The third-order valence-corrected chi connectivity index (χ3v) is 5.50. The monoisotopic (exact) mass is 385 g/mol. The number of aliphatic hydroxyl groups is 1. The van der Waals surface area contributed by atoms with Gasteiger partial charge in [-0.3, -0.25) is 5.32 Å². The molecule has 3 unspecified atom stereocenters. The Bertz CT molecular complexity index is 972. The molecule has 1 fully saturated rings. The first-order valence-electron chi connectivity index (χ1n) is 8.84. The Labute approximate surface area is 161 Å². The maximum absolute atomic E-state index is 11.2. The van der Waals surface area contributed by atoms with Crippen molar-refractivity contribution >= 4 is 34.5 Å². The molecular formula is C19H20ClN5O2. The number of anilines is 1. The lowest BCUT2D eigenvalue weighted by molar-refractivity contribution is 0.109. The van der Waals surface area contributed by atoms with Crippen molar-refractivity contribution in [2.45, 2.75) is 31.4 Å². The van der Waals surface area contributed by atoms with Crippen LogP contribution in [0.5, 0.6) is 0 Å². The van der Waals surface area contributed by atoms with Crippen molar-refractivity contribution in [3.8, 4) is 0 Å². The molecule has 0 spiro atoms. The molecule has 1 saturated carbocycles. The van der Waals surface area contributed by atoms with Gasteiger partial charge in [-0.25, -0.2) is 14.8 Å². The van der Waals surface area contributed by atoms with Gasteiger partial charge >= 0.3 is 6.03 Å². The number of primary amides is 1. The van der Waals surface area contributed by atoms with E-state index in [-0.39, 0.29) is 12.0 Å². The van der Waals surface area contributed by atoms with Gasteiger partial charge in [-0.1, -0.05) is 23.7 Å². The van der Waals surface area contributed by atoms with Gasteiger partial charge in [-0.05, 0) is 48.9 Å². The van der Waals surface area contributed by atoms with E-state index in [0.717, 1.165) is 35.9 Å². The summed E-state index contributed by atoms with van der Waals surface area (Å²) < 4.78 is 2.10. The molecule has 2 heterocycles. The van der Waals surface area contributed by atoms with Crippen LogP contribution in [0.25, 0.3) is 11.0 Å². The summed E-state index contributed by atoms with van der Waals surface area (Å²) in [5, 5.41) is 14.7. The largest absolute Gasteiger partial charge is 0.388 e. The molecule has 27 heavy (non-hydrogen) atoms. The number of hydrogen-bond acceptors (Lipinski definition) is 4. The van der Waals surface area contributed by atoms with Crippen LogP contribution >= 0.6 is 11.6 Å². The third kappa shape index (κ3) is 3.48. The molecule has 8 heteroatoms. The fourth-order valence-corrected chi connectivity index (χ4v) is 4.07. The molecule has 2 aromatic heterocycles. The second-order valence-corrected chi connectivity index (χ2v) is 7.33. The second kappa shape index (κ2) is 7.17. The van der Waals surface area contributed by atoms with Gasteiger partial charge in [-0.15, -0.1) is 0 Å². The number of rotatable bonds is 4. The standard InChI is InChI=1S/C19H20ClN5O2/c20-13-4-1-11(2-5-13)16(26)12-3-6-14(9-12)25-8-7-15-17(24-19(21)27)22-10-23-18(15)25/h1-2,4-5,7-8,10,12,14,16,26H,3,6,9H2,(H3,21,22,23,24,27). The van der Waals surface area contributed by atoms with Crippen LogP contribution in [0.4, 0.5) is 10.6 Å². The van der Waals surface area contributed by atoms with Crippen LogP contribution in [0, 0.1) is 5.92 Å². The minimum Gasteiger partial charge on any atom is -0.388 e. The molecule has 1 aliphatic carbocycles. The number of aromatic nitrogens is 3. The molecule has 7 nitrogen and oxygen atoms in total. The van der Waals surface area contributed by atoms with Gasteiger partial charge in [-0.2, -0.15) is 0 Å². The number of carbonyl (C=O) groups is 1. The van der Waals surface area contributed by atoms with Gasteiger partial charge in [0.05, 0.1) is 11.5 Å². The second-order valence-electron chi connectivity index (χ2n) is 6.90. The van der Waals surface area contributed by atoms with Crippen molar-refractivity contribution in [2.24, 2.45) is 11.7 Å². The Morgan fingerprint density at radius 2 is 2.04 bits per heavy atom. The number of nitrogens with two attached hydrogens (primary N) is 1. The lowest BCUT2D eigenvalue weighted by Gasteiger charge is -2.19. The van der Waals surface area contributed by atoms with Crippen molar-refractivity contribution in [1.82, 2.24) is 14.5 Å². The van der Waals surface area contributed by atoms with Crippen molar-refractivity contribution in [2.75, 3.05) is 5.32 Å². The maximum atomic E-state index is 11.2.